The normalized spacial score (nSPS) is 15.2. The second kappa shape index (κ2) is 8.44. The summed E-state index contributed by atoms with van der Waals surface area (Å²) < 4.78 is 4.98. The molecule has 0 atom stereocenters. The van der Waals surface area contributed by atoms with Crippen molar-refractivity contribution in [3.63, 3.8) is 0 Å². The number of nitrogens with one attached hydrogen (secondary N) is 2. The fourth-order valence-corrected chi connectivity index (χ4v) is 1.52. The molecule has 0 heterocycles. The summed E-state index contributed by atoms with van der Waals surface area (Å²) >= 11 is 0. The first-order valence-corrected chi connectivity index (χ1v) is 6.37. The third kappa shape index (κ3) is 8.12. The van der Waals surface area contributed by atoms with Crippen LogP contribution in [0.4, 0.5) is 0 Å². The van der Waals surface area contributed by atoms with Crippen molar-refractivity contribution in [2.75, 3.05) is 53.5 Å². The highest BCUT2D eigenvalue weighted by atomic mass is 16.5. The molecule has 0 saturated heterocycles. The van der Waals surface area contributed by atoms with Crippen LogP contribution >= 0.6 is 0 Å². The molecule has 5 heteroatoms. The molecule has 2 N–H and O–H groups in total. The van der Waals surface area contributed by atoms with Crippen molar-refractivity contribution in [3.8, 4) is 0 Å². The van der Waals surface area contributed by atoms with E-state index in [-0.39, 0.29) is 5.91 Å². The minimum absolute atomic E-state index is 0.0887. The Bertz CT molecular complexity index is 220. The number of carbonyl (C=O) groups excluding carboxylic acids is 1. The lowest BCUT2D eigenvalue weighted by Gasteiger charge is -2.16. The van der Waals surface area contributed by atoms with Gasteiger partial charge in [0.05, 0.1) is 13.2 Å². The largest absolute Gasteiger partial charge is 0.383 e. The lowest BCUT2D eigenvalue weighted by molar-refractivity contribution is -0.120. The smallest absolute Gasteiger partial charge is 0.234 e. The average Bonchev–Trinajstić information content (AvgIpc) is 3.10. The maximum absolute atomic E-state index is 11.4. The van der Waals surface area contributed by atoms with Crippen LogP contribution < -0.4 is 10.6 Å². The Kier molecular flexibility index (Phi) is 7.16. The first-order chi connectivity index (χ1) is 8.22. The summed E-state index contributed by atoms with van der Waals surface area (Å²) in [5, 5.41) is 6.07. The number of hydrogen-bond acceptors (Lipinski definition) is 4. The number of carbonyl (C=O) groups is 1. The Morgan fingerprint density at radius 2 is 2.18 bits per heavy atom. The molecule has 0 unspecified atom stereocenters. The molecule has 0 aliphatic heterocycles. The van der Waals surface area contributed by atoms with Crippen LogP contribution in [0.25, 0.3) is 0 Å². The Hall–Kier alpha value is -0.650. The van der Waals surface area contributed by atoms with Gasteiger partial charge in [-0.25, -0.2) is 0 Å². The van der Waals surface area contributed by atoms with Crippen LogP contribution in [0.15, 0.2) is 0 Å². The summed E-state index contributed by atoms with van der Waals surface area (Å²) in [5.41, 5.74) is 0. The number of methoxy groups -OCH3 is 1. The van der Waals surface area contributed by atoms with Gasteiger partial charge in [0.1, 0.15) is 0 Å². The van der Waals surface area contributed by atoms with Gasteiger partial charge in [-0.3, -0.25) is 4.79 Å². The predicted octanol–water partition coefficient (Wildman–Crippen LogP) is -0.320. The summed E-state index contributed by atoms with van der Waals surface area (Å²) in [6, 6.07) is 0. The van der Waals surface area contributed by atoms with Gasteiger partial charge >= 0.3 is 0 Å². The minimum atomic E-state index is 0.0887. The van der Waals surface area contributed by atoms with E-state index in [1.807, 2.05) is 7.05 Å². The van der Waals surface area contributed by atoms with Crippen LogP contribution in [0.5, 0.6) is 0 Å². The Labute approximate surface area is 104 Å². The monoisotopic (exact) mass is 243 g/mol. The number of hydrogen-bond donors (Lipinski definition) is 2. The molecule has 100 valence electrons. The van der Waals surface area contributed by atoms with Gasteiger partial charge in [0.15, 0.2) is 0 Å². The second-order valence-electron chi connectivity index (χ2n) is 4.72. The summed E-state index contributed by atoms with van der Waals surface area (Å²) in [6.45, 7) is 4.61. The van der Waals surface area contributed by atoms with Crippen molar-refractivity contribution in [2.45, 2.75) is 12.8 Å². The molecule has 5 nitrogen and oxygen atoms in total. The van der Waals surface area contributed by atoms with Crippen LogP contribution in [0.2, 0.25) is 0 Å². The zero-order valence-corrected chi connectivity index (χ0v) is 11.0. The molecule has 0 aromatic carbocycles. The van der Waals surface area contributed by atoms with Crippen LogP contribution in [0.3, 0.4) is 0 Å². The van der Waals surface area contributed by atoms with Gasteiger partial charge < -0.3 is 20.3 Å². The number of nitrogens with zero attached hydrogens (tertiary/aromatic N) is 1. The SMILES string of the molecule is COCCN(C)CCNC(=O)CNCC1CC1. The molecule has 0 radical (unpaired) electrons. The van der Waals surface area contributed by atoms with Crippen LogP contribution in [0, 0.1) is 5.92 Å². The van der Waals surface area contributed by atoms with E-state index in [1.54, 1.807) is 7.11 Å². The molecular weight excluding hydrogens is 218 g/mol. The van der Waals surface area contributed by atoms with Crippen molar-refractivity contribution in [1.82, 2.24) is 15.5 Å². The number of rotatable bonds is 10. The van der Waals surface area contributed by atoms with Gasteiger partial charge in [0.2, 0.25) is 5.91 Å². The van der Waals surface area contributed by atoms with Gasteiger partial charge in [-0.1, -0.05) is 0 Å². The zero-order chi connectivity index (χ0) is 12.5. The highest BCUT2D eigenvalue weighted by molar-refractivity contribution is 5.77. The summed E-state index contributed by atoms with van der Waals surface area (Å²) in [7, 11) is 3.72. The van der Waals surface area contributed by atoms with Gasteiger partial charge in [-0.05, 0) is 32.4 Å². The predicted molar refractivity (Wildman–Crippen MR) is 68.0 cm³/mol. The van der Waals surface area contributed by atoms with Crippen molar-refractivity contribution >= 4 is 5.91 Å². The van der Waals surface area contributed by atoms with Crippen molar-refractivity contribution < 1.29 is 9.53 Å². The molecule has 0 bridgehead atoms. The van der Waals surface area contributed by atoms with E-state index in [0.717, 1.165) is 32.2 Å². The lowest BCUT2D eigenvalue weighted by atomic mass is 10.4. The molecule has 1 aliphatic carbocycles. The lowest BCUT2D eigenvalue weighted by Crippen LogP contribution is -2.39. The number of ether oxygens (including phenoxy) is 1. The molecule has 1 aliphatic rings. The van der Waals surface area contributed by atoms with E-state index >= 15 is 0 Å². The highest BCUT2D eigenvalue weighted by Crippen LogP contribution is 2.27. The summed E-state index contributed by atoms with van der Waals surface area (Å²) in [6.07, 6.45) is 2.64. The first kappa shape index (κ1) is 14.4. The second-order valence-corrected chi connectivity index (χ2v) is 4.72. The van der Waals surface area contributed by atoms with Gasteiger partial charge in [0, 0.05) is 26.7 Å². The van der Waals surface area contributed by atoms with E-state index in [4.69, 9.17) is 4.74 Å². The van der Waals surface area contributed by atoms with E-state index < -0.39 is 0 Å². The average molecular weight is 243 g/mol. The molecule has 0 aromatic heterocycles. The Morgan fingerprint density at radius 1 is 1.41 bits per heavy atom. The summed E-state index contributed by atoms with van der Waals surface area (Å²) in [4.78, 5) is 13.6. The maximum atomic E-state index is 11.4. The molecule has 0 spiro atoms. The van der Waals surface area contributed by atoms with Crippen LogP contribution in [0.1, 0.15) is 12.8 Å². The molecule has 1 saturated carbocycles. The molecule has 1 fully saturated rings. The molecule has 1 rings (SSSR count). The number of likely N-dealkylation sites (N-methyl/N-ethyl adjacent to an activating group) is 1. The maximum Gasteiger partial charge on any atom is 0.234 e. The third-order valence-electron chi connectivity index (χ3n) is 2.91. The fourth-order valence-electron chi connectivity index (χ4n) is 1.52. The summed E-state index contributed by atoms with van der Waals surface area (Å²) in [5.74, 6) is 0.911. The molecular formula is C12H25N3O2. The van der Waals surface area contributed by atoms with E-state index in [9.17, 15) is 4.79 Å². The standard InChI is InChI=1S/C12H25N3O2/c1-15(7-8-17-2)6-5-14-12(16)10-13-9-11-3-4-11/h11,13H,3-10H2,1-2H3,(H,14,16). The quantitative estimate of drug-likeness (QED) is 0.552. The van der Waals surface area contributed by atoms with Gasteiger partial charge in [0.25, 0.3) is 0 Å². The van der Waals surface area contributed by atoms with E-state index in [0.29, 0.717) is 13.1 Å². The van der Waals surface area contributed by atoms with Gasteiger partial charge in [-0.2, -0.15) is 0 Å². The topological polar surface area (TPSA) is 53.6 Å². The third-order valence-corrected chi connectivity index (χ3v) is 2.91. The Balaban J connectivity index is 1.87. The molecule has 1 amide bonds. The van der Waals surface area contributed by atoms with Crippen molar-refractivity contribution in [1.29, 1.82) is 0 Å². The van der Waals surface area contributed by atoms with E-state index in [1.165, 1.54) is 12.8 Å². The first-order valence-electron chi connectivity index (χ1n) is 6.37. The minimum Gasteiger partial charge on any atom is -0.383 e. The zero-order valence-electron chi connectivity index (χ0n) is 11.0. The Morgan fingerprint density at radius 3 is 2.82 bits per heavy atom. The molecule has 17 heavy (non-hydrogen) atoms. The van der Waals surface area contributed by atoms with Crippen LogP contribution in [-0.4, -0.2) is 64.3 Å². The number of amides is 1. The van der Waals surface area contributed by atoms with Crippen LogP contribution in [-0.2, 0) is 9.53 Å². The fraction of sp³-hybridized carbons (Fsp3) is 0.917. The highest BCUT2D eigenvalue weighted by Gasteiger charge is 2.20. The van der Waals surface area contributed by atoms with E-state index in [2.05, 4.69) is 15.5 Å². The van der Waals surface area contributed by atoms with Gasteiger partial charge in [-0.15, -0.1) is 0 Å². The van der Waals surface area contributed by atoms with Crippen molar-refractivity contribution in [3.05, 3.63) is 0 Å². The molecule has 0 aromatic rings. The van der Waals surface area contributed by atoms with Crippen molar-refractivity contribution in [2.24, 2.45) is 5.92 Å².